The summed E-state index contributed by atoms with van der Waals surface area (Å²) in [7, 11) is 0. The molecule has 0 radical (unpaired) electrons. The number of benzene rings is 2. The van der Waals surface area contributed by atoms with Gasteiger partial charge in [0, 0.05) is 11.6 Å². The van der Waals surface area contributed by atoms with Crippen molar-refractivity contribution in [3.8, 4) is 17.1 Å². The lowest BCUT2D eigenvalue weighted by atomic mass is 10.1. The van der Waals surface area contributed by atoms with Crippen molar-refractivity contribution in [3.63, 3.8) is 0 Å². The topological polar surface area (TPSA) is 61.0 Å². The summed E-state index contributed by atoms with van der Waals surface area (Å²) in [6.07, 6.45) is -2.96. The third-order valence-corrected chi connectivity index (χ3v) is 3.92. The molecule has 5 nitrogen and oxygen atoms in total. The van der Waals surface area contributed by atoms with Crippen LogP contribution in [-0.2, 0) is 12.8 Å². The quantitative estimate of drug-likeness (QED) is 0.512. The first kappa shape index (κ1) is 17.0. The van der Waals surface area contributed by atoms with E-state index >= 15 is 0 Å². The summed E-state index contributed by atoms with van der Waals surface area (Å²) >= 11 is 0. The van der Waals surface area contributed by atoms with Crippen LogP contribution in [0.5, 0.6) is 5.88 Å². The molecular weight excluding hydrogens is 359 g/mol. The molecule has 0 aliphatic heterocycles. The predicted molar refractivity (Wildman–Crippen MR) is 90.8 cm³/mol. The maximum absolute atomic E-state index is 12.6. The Labute approximate surface area is 151 Å². The molecule has 2 aromatic heterocycles. The van der Waals surface area contributed by atoms with Gasteiger partial charge in [-0.05, 0) is 24.3 Å². The van der Waals surface area contributed by atoms with Gasteiger partial charge < -0.3 is 9.26 Å². The molecule has 0 saturated carbocycles. The molecule has 0 spiro atoms. The lowest BCUT2D eigenvalue weighted by molar-refractivity contribution is -0.137. The lowest BCUT2D eigenvalue weighted by Crippen LogP contribution is -2.03. The Hall–Kier alpha value is -3.42. The summed E-state index contributed by atoms with van der Waals surface area (Å²) < 4.78 is 48.8. The number of rotatable bonds is 4. The van der Waals surface area contributed by atoms with Crippen LogP contribution in [0.25, 0.3) is 22.2 Å². The second kappa shape index (κ2) is 6.71. The number of nitrogens with zero attached hydrogens (tertiary/aromatic N) is 3. The van der Waals surface area contributed by atoms with Crippen molar-refractivity contribution in [2.75, 3.05) is 0 Å². The Morgan fingerprint density at radius 1 is 0.963 bits per heavy atom. The molecular formula is C19H12F3N3O2. The number of hydrogen-bond acceptors (Lipinski definition) is 5. The third-order valence-electron chi connectivity index (χ3n) is 3.92. The predicted octanol–water partition coefficient (Wildman–Crippen LogP) is 4.88. The monoisotopic (exact) mass is 371 g/mol. The first-order valence-corrected chi connectivity index (χ1v) is 7.96. The highest BCUT2D eigenvalue weighted by molar-refractivity contribution is 5.82. The summed E-state index contributed by atoms with van der Waals surface area (Å²) in [4.78, 5) is 8.28. The lowest BCUT2D eigenvalue weighted by Gasteiger charge is -2.06. The van der Waals surface area contributed by atoms with E-state index in [9.17, 15) is 13.2 Å². The molecule has 0 aliphatic carbocycles. The molecule has 0 aliphatic rings. The molecule has 8 heteroatoms. The summed E-state index contributed by atoms with van der Waals surface area (Å²) in [6, 6.07) is 13.8. The first-order chi connectivity index (χ1) is 13.0. The Bertz CT molecular complexity index is 1070. The van der Waals surface area contributed by atoms with Crippen molar-refractivity contribution in [3.05, 3.63) is 72.2 Å². The van der Waals surface area contributed by atoms with E-state index in [0.29, 0.717) is 22.9 Å². The Morgan fingerprint density at radius 3 is 2.52 bits per heavy atom. The van der Waals surface area contributed by atoms with Crippen LogP contribution in [-0.4, -0.2) is 15.1 Å². The zero-order valence-electron chi connectivity index (χ0n) is 13.8. The molecule has 0 saturated heterocycles. The Balaban J connectivity index is 1.50. The van der Waals surface area contributed by atoms with Crippen LogP contribution in [0.4, 0.5) is 13.2 Å². The molecule has 4 aromatic rings. The van der Waals surface area contributed by atoms with Gasteiger partial charge in [0.25, 0.3) is 0 Å². The summed E-state index contributed by atoms with van der Waals surface area (Å²) in [5.41, 5.74) is 0.986. The number of alkyl halides is 3. The molecule has 0 bridgehead atoms. The molecule has 2 aromatic carbocycles. The van der Waals surface area contributed by atoms with E-state index in [-0.39, 0.29) is 6.61 Å². The molecule has 0 unspecified atom stereocenters. The van der Waals surface area contributed by atoms with Gasteiger partial charge in [0.2, 0.25) is 5.88 Å². The van der Waals surface area contributed by atoms with Crippen molar-refractivity contribution < 1.29 is 22.4 Å². The fraction of sp³-hybridized carbons (Fsp3) is 0.105. The average molecular weight is 371 g/mol. The summed E-state index contributed by atoms with van der Waals surface area (Å²) in [5.74, 6) is 0.834. The number of aromatic nitrogens is 3. The standard InChI is InChI=1S/C19H12F3N3O2/c20-19(21,22)13-7-5-12(6-8-13)17-9-14(27-25-17)10-26-18-15-3-1-2-4-16(15)23-11-24-18/h1-9,11H,10H2. The van der Waals surface area contributed by atoms with Crippen LogP contribution in [0.3, 0.4) is 0 Å². The summed E-state index contributed by atoms with van der Waals surface area (Å²) in [5, 5.41) is 4.65. The van der Waals surface area contributed by atoms with Gasteiger partial charge in [-0.2, -0.15) is 13.2 Å². The third kappa shape index (κ3) is 3.59. The number of fused-ring (bicyclic) bond motifs is 1. The van der Waals surface area contributed by atoms with E-state index in [1.807, 2.05) is 24.3 Å². The first-order valence-electron chi connectivity index (χ1n) is 7.96. The molecule has 4 rings (SSSR count). The molecule has 0 atom stereocenters. The largest absolute Gasteiger partial charge is 0.469 e. The highest BCUT2D eigenvalue weighted by atomic mass is 19.4. The number of ether oxygens (including phenoxy) is 1. The smallest absolute Gasteiger partial charge is 0.416 e. The van der Waals surface area contributed by atoms with E-state index < -0.39 is 11.7 Å². The fourth-order valence-electron chi connectivity index (χ4n) is 2.58. The van der Waals surface area contributed by atoms with E-state index in [1.165, 1.54) is 18.5 Å². The SMILES string of the molecule is FC(F)(F)c1ccc(-c2cc(COc3ncnc4ccccc34)on2)cc1. The normalized spacial score (nSPS) is 11.7. The van der Waals surface area contributed by atoms with Crippen LogP contribution in [0.2, 0.25) is 0 Å². The second-order valence-corrected chi connectivity index (χ2v) is 5.74. The van der Waals surface area contributed by atoms with Gasteiger partial charge in [-0.25, -0.2) is 9.97 Å². The molecule has 0 N–H and O–H groups in total. The van der Waals surface area contributed by atoms with Gasteiger partial charge in [-0.1, -0.05) is 29.4 Å². The van der Waals surface area contributed by atoms with E-state index in [4.69, 9.17) is 9.26 Å². The number of hydrogen-bond donors (Lipinski definition) is 0. The van der Waals surface area contributed by atoms with Gasteiger partial charge in [-0.15, -0.1) is 0 Å². The van der Waals surface area contributed by atoms with Crippen molar-refractivity contribution in [2.45, 2.75) is 12.8 Å². The van der Waals surface area contributed by atoms with Crippen molar-refractivity contribution in [1.82, 2.24) is 15.1 Å². The zero-order valence-corrected chi connectivity index (χ0v) is 13.8. The highest BCUT2D eigenvalue weighted by Gasteiger charge is 2.30. The molecule has 0 fully saturated rings. The van der Waals surface area contributed by atoms with Crippen LogP contribution >= 0.6 is 0 Å². The maximum Gasteiger partial charge on any atom is 0.416 e. The molecule has 2 heterocycles. The van der Waals surface area contributed by atoms with Gasteiger partial charge in [0.1, 0.15) is 12.0 Å². The van der Waals surface area contributed by atoms with Gasteiger partial charge in [0.05, 0.1) is 16.5 Å². The van der Waals surface area contributed by atoms with Gasteiger partial charge >= 0.3 is 6.18 Å². The second-order valence-electron chi connectivity index (χ2n) is 5.74. The van der Waals surface area contributed by atoms with E-state index in [0.717, 1.165) is 23.0 Å². The van der Waals surface area contributed by atoms with Gasteiger partial charge in [-0.3, -0.25) is 0 Å². The molecule has 136 valence electrons. The maximum atomic E-state index is 12.6. The molecule has 27 heavy (non-hydrogen) atoms. The minimum atomic E-state index is -4.37. The van der Waals surface area contributed by atoms with Crippen LogP contribution in [0.1, 0.15) is 11.3 Å². The number of halogens is 3. The van der Waals surface area contributed by atoms with E-state index in [2.05, 4.69) is 15.1 Å². The van der Waals surface area contributed by atoms with Crippen LogP contribution in [0.15, 0.2) is 65.4 Å². The van der Waals surface area contributed by atoms with E-state index in [1.54, 1.807) is 6.07 Å². The van der Waals surface area contributed by atoms with Crippen LogP contribution in [0, 0.1) is 0 Å². The van der Waals surface area contributed by atoms with Crippen molar-refractivity contribution in [2.24, 2.45) is 0 Å². The van der Waals surface area contributed by atoms with Crippen LogP contribution < -0.4 is 4.74 Å². The highest BCUT2D eigenvalue weighted by Crippen LogP contribution is 2.31. The minimum Gasteiger partial charge on any atom is -0.469 e. The fourth-order valence-corrected chi connectivity index (χ4v) is 2.58. The average Bonchev–Trinajstić information content (AvgIpc) is 3.15. The Morgan fingerprint density at radius 2 is 1.74 bits per heavy atom. The molecule has 0 amide bonds. The van der Waals surface area contributed by atoms with Crippen molar-refractivity contribution >= 4 is 10.9 Å². The van der Waals surface area contributed by atoms with Gasteiger partial charge in [0.15, 0.2) is 12.4 Å². The number of para-hydroxylation sites is 1. The minimum absolute atomic E-state index is 0.0780. The summed E-state index contributed by atoms with van der Waals surface area (Å²) in [6.45, 7) is 0.0780. The zero-order chi connectivity index (χ0) is 18.9. The Kier molecular flexibility index (Phi) is 4.23. The van der Waals surface area contributed by atoms with Crippen molar-refractivity contribution in [1.29, 1.82) is 0 Å².